The molecule has 4 saturated carbocycles. The number of allylic oxidation sites excluding steroid dienone is 2. The summed E-state index contributed by atoms with van der Waals surface area (Å²) >= 11 is 0. The first-order chi connectivity index (χ1) is 24.7. The first kappa shape index (κ1) is 37.9. The van der Waals surface area contributed by atoms with E-state index >= 15 is 0 Å². The van der Waals surface area contributed by atoms with E-state index in [1.807, 2.05) is 0 Å². The third-order valence-corrected chi connectivity index (χ3v) is 15.9. The van der Waals surface area contributed by atoms with Crippen LogP contribution in [0.15, 0.2) is 33.9 Å². The number of halogens is 1. The van der Waals surface area contributed by atoms with Gasteiger partial charge in [-0.1, -0.05) is 54.0 Å². The Labute approximate surface area is 313 Å². The van der Waals surface area contributed by atoms with E-state index in [9.17, 15) is 23.9 Å². The van der Waals surface area contributed by atoms with Crippen LogP contribution in [0.5, 0.6) is 0 Å². The van der Waals surface area contributed by atoms with Gasteiger partial charge in [0.25, 0.3) is 5.89 Å². The van der Waals surface area contributed by atoms with Crippen molar-refractivity contribution in [3.63, 3.8) is 0 Å². The van der Waals surface area contributed by atoms with Crippen molar-refractivity contribution in [1.29, 1.82) is 0 Å². The number of carbonyl (C=O) groups is 3. The Balaban J connectivity index is 1.17. The minimum Gasteiger partial charge on any atom is -0.481 e. The number of carboxylic acid groups (broad SMARTS) is 1. The Morgan fingerprint density at radius 2 is 1.72 bits per heavy atom. The number of pyridine rings is 1. The summed E-state index contributed by atoms with van der Waals surface area (Å²) in [7, 11) is 0. The fourth-order valence-electron chi connectivity index (χ4n) is 13.0. The van der Waals surface area contributed by atoms with E-state index in [4.69, 9.17) is 9.15 Å². The summed E-state index contributed by atoms with van der Waals surface area (Å²) in [6, 6.07) is 2.87. The van der Waals surface area contributed by atoms with Crippen LogP contribution in [0.2, 0.25) is 0 Å². The van der Waals surface area contributed by atoms with Gasteiger partial charge >= 0.3 is 11.9 Å². The maximum absolute atomic E-state index is 14.1. The lowest BCUT2D eigenvalue weighted by Gasteiger charge is -2.72. The molecule has 0 aliphatic heterocycles. The number of Topliss-reactive ketones (excluding diaryl/α,β-unsaturated/α-hetero) is 1. The van der Waals surface area contributed by atoms with E-state index < -0.39 is 23.2 Å². The average molecular weight is 732 g/mol. The molecular weight excluding hydrogens is 673 g/mol. The molecule has 2 heterocycles. The molecule has 2 aromatic heterocycles. The number of carboxylic acids is 1. The highest BCUT2D eigenvalue weighted by molar-refractivity contribution is 6.00. The van der Waals surface area contributed by atoms with Gasteiger partial charge in [-0.05, 0) is 123 Å². The highest BCUT2D eigenvalue weighted by Crippen LogP contribution is 2.77. The summed E-state index contributed by atoms with van der Waals surface area (Å²) in [6.45, 7) is 19.6. The van der Waals surface area contributed by atoms with Crippen molar-refractivity contribution in [2.24, 2.45) is 56.2 Å². The predicted octanol–water partition coefficient (Wildman–Crippen LogP) is 9.21. The van der Waals surface area contributed by atoms with Gasteiger partial charge in [-0.15, -0.1) is 10.2 Å². The standard InChI is InChI=1S/C43H58FN3O6/c1-24(2)34-28(48)20-43(21-32-46-47-36(53-32)27-12-10-25(44)23-45-27)19-18-41(8)26(35(34)43)11-13-30-40(7)16-15-31(52-33(49)22-38(3,4)37(50)51)39(5,6)29(40)14-17-42(30,41)9/h10,12,23-24,26,29-31H,11,13-22H2,1-9H3,(H,50,51)/t26?,29-,30+,31-,40?,41+,42+,43-/m0/s1. The first-order valence-corrected chi connectivity index (χ1v) is 19.8. The monoisotopic (exact) mass is 731 g/mol. The van der Waals surface area contributed by atoms with Gasteiger partial charge in [-0.3, -0.25) is 14.4 Å². The van der Waals surface area contributed by atoms with Gasteiger partial charge in [0.1, 0.15) is 17.6 Å². The molecule has 8 atom stereocenters. The highest BCUT2D eigenvalue weighted by Gasteiger charge is 2.70. The molecule has 2 aromatic rings. The largest absolute Gasteiger partial charge is 0.481 e. The molecule has 0 saturated heterocycles. The molecule has 1 N–H and O–H groups in total. The molecule has 5 aliphatic rings. The Morgan fingerprint density at radius 1 is 0.981 bits per heavy atom. The molecule has 288 valence electrons. The number of esters is 1. The Bertz CT molecular complexity index is 1850. The van der Waals surface area contributed by atoms with Gasteiger partial charge < -0.3 is 14.3 Å². The minimum atomic E-state index is -1.17. The molecule has 5 aliphatic carbocycles. The lowest BCUT2D eigenvalue weighted by atomic mass is 9.33. The summed E-state index contributed by atoms with van der Waals surface area (Å²) in [4.78, 5) is 43.0. The summed E-state index contributed by atoms with van der Waals surface area (Å²) in [5.74, 6) is 0.359. The smallest absolute Gasteiger partial charge is 0.309 e. The van der Waals surface area contributed by atoms with Crippen LogP contribution in [0, 0.1) is 62.0 Å². The zero-order valence-electron chi connectivity index (χ0n) is 33.1. The number of hydrogen-bond donors (Lipinski definition) is 1. The third-order valence-electron chi connectivity index (χ3n) is 15.9. The molecule has 0 aromatic carbocycles. The fraction of sp³-hybridized carbons (Fsp3) is 0.721. The van der Waals surface area contributed by atoms with Crippen LogP contribution in [0.4, 0.5) is 4.39 Å². The number of rotatable bonds is 8. The SMILES string of the molecule is CC(C)C1=C2C3CC[C@@H]4C5(C)CC[C@H](OC(=O)CC(C)(C)C(=O)O)C(C)(C)[C@@H]5CC[C@@]4(C)[C@]3(C)CC[C@@]2(Cc2nnc(-c3ccc(F)cn3)o2)CC1=O. The van der Waals surface area contributed by atoms with Crippen LogP contribution in [-0.4, -0.2) is 44.1 Å². The van der Waals surface area contributed by atoms with E-state index in [-0.39, 0.29) is 63.1 Å². The normalized spacial score (nSPS) is 36.4. The first-order valence-electron chi connectivity index (χ1n) is 19.8. The topological polar surface area (TPSA) is 132 Å². The maximum atomic E-state index is 14.1. The highest BCUT2D eigenvalue weighted by atomic mass is 19.1. The minimum absolute atomic E-state index is 0.0125. The molecular formula is C43H58FN3O6. The van der Waals surface area contributed by atoms with E-state index in [0.717, 1.165) is 63.1 Å². The lowest BCUT2D eigenvalue weighted by Crippen LogP contribution is -2.65. The summed E-state index contributed by atoms with van der Waals surface area (Å²) in [5, 5.41) is 18.3. The second kappa shape index (κ2) is 12.6. The number of ether oxygens (including phenoxy) is 1. The number of nitrogens with zero attached hydrogens (tertiary/aromatic N) is 3. The lowest BCUT2D eigenvalue weighted by molar-refractivity contribution is -0.233. The van der Waals surface area contributed by atoms with Crippen molar-refractivity contribution < 1.29 is 33.0 Å². The van der Waals surface area contributed by atoms with Gasteiger partial charge in [-0.25, -0.2) is 9.37 Å². The fourth-order valence-corrected chi connectivity index (χ4v) is 13.0. The molecule has 4 fully saturated rings. The van der Waals surface area contributed by atoms with Gasteiger partial charge in [0.05, 0.1) is 18.0 Å². The second-order valence-corrected chi connectivity index (χ2v) is 19.7. The quantitative estimate of drug-likeness (QED) is 0.264. The number of aliphatic carboxylic acids is 1. The number of fused-ring (bicyclic) bond motifs is 7. The molecule has 0 spiro atoms. The third kappa shape index (κ3) is 5.73. The molecule has 10 heteroatoms. The molecule has 7 rings (SSSR count). The molecule has 53 heavy (non-hydrogen) atoms. The van der Waals surface area contributed by atoms with Crippen molar-refractivity contribution in [3.8, 4) is 11.6 Å². The van der Waals surface area contributed by atoms with Crippen LogP contribution in [0.25, 0.3) is 11.6 Å². The molecule has 2 unspecified atom stereocenters. The molecule has 9 nitrogen and oxygen atoms in total. The van der Waals surface area contributed by atoms with Crippen LogP contribution >= 0.6 is 0 Å². The van der Waals surface area contributed by atoms with Gasteiger partial charge in [0, 0.05) is 23.7 Å². The Kier molecular flexibility index (Phi) is 8.97. The van der Waals surface area contributed by atoms with E-state index in [1.165, 1.54) is 17.7 Å². The van der Waals surface area contributed by atoms with Crippen molar-refractivity contribution >= 4 is 17.7 Å². The van der Waals surface area contributed by atoms with Crippen LogP contribution in [-0.2, 0) is 25.5 Å². The predicted molar refractivity (Wildman–Crippen MR) is 197 cm³/mol. The van der Waals surface area contributed by atoms with E-state index in [0.29, 0.717) is 36.3 Å². The zero-order valence-corrected chi connectivity index (χ0v) is 33.1. The molecule has 0 bridgehead atoms. The zero-order chi connectivity index (χ0) is 38.5. The summed E-state index contributed by atoms with van der Waals surface area (Å²) in [5.41, 5.74) is 1.07. The Hall–Kier alpha value is -3.43. The van der Waals surface area contributed by atoms with Crippen molar-refractivity contribution in [1.82, 2.24) is 15.2 Å². The van der Waals surface area contributed by atoms with Crippen molar-refractivity contribution in [3.05, 3.63) is 41.2 Å². The average Bonchev–Trinajstić information content (AvgIpc) is 3.64. The number of carbonyl (C=O) groups excluding carboxylic acids is 2. The van der Waals surface area contributed by atoms with Gasteiger partial charge in [0.2, 0.25) is 5.89 Å². The molecule has 0 radical (unpaired) electrons. The number of aromatic nitrogens is 3. The molecule has 0 amide bonds. The van der Waals surface area contributed by atoms with E-state index in [2.05, 4.69) is 63.6 Å². The number of hydrogen-bond acceptors (Lipinski definition) is 8. The van der Waals surface area contributed by atoms with Crippen LogP contribution in [0.1, 0.15) is 132 Å². The van der Waals surface area contributed by atoms with Crippen molar-refractivity contribution in [2.45, 2.75) is 139 Å². The van der Waals surface area contributed by atoms with Gasteiger partial charge in [0.15, 0.2) is 5.78 Å². The van der Waals surface area contributed by atoms with Crippen LogP contribution < -0.4 is 0 Å². The summed E-state index contributed by atoms with van der Waals surface area (Å²) in [6.07, 6.45) is 9.55. The van der Waals surface area contributed by atoms with Crippen molar-refractivity contribution in [2.75, 3.05) is 0 Å². The maximum Gasteiger partial charge on any atom is 0.309 e. The van der Waals surface area contributed by atoms with Gasteiger partial charge in [-0.2, -0.15) is 0 Å². The summed E-state index contributed by atoms with van der Waals surface area (Å²) < 4.78 is 25.9. The Morgan fingerprint density at radius 3 is 2.38 bits per heavy atom. The van der Waals surface area contributed by atoms with E-state index in [1.54, 1.807) is 13.8 Å². The van der Waals surface area contributed by atoms with Crippen LogP contribution in [0.3, 0.4) is 0 Å². The number of ketones is 1. The second-order valence-electron chi connectivity index (χ2n) is 19.7.